The Bertz CT molecular complexity index is 591. The van der Waals surface area contributed by atoms with E-state index in [1.807, 2.05) is 30.3 Å². The molecule has 0 aromatic heterocycles. The second-order valence-electron chi connectivity index (χ2n) is 4.29. The summed E-state index contributed by atoms with van der Waals surface area (Å²) in [7, 11) is -4.41. The summed E-state index contributed by atoms with van der Waals surface area (Å²) in [5, 5.41) is 0. The lowest BCUT2D eigenvalue weighted by molar-refractivity contribution is 0.461. The Morgan fingerprint density at radius 1 is 0.944 bits per heavy atom. The summed E-state index contributed by atoms with van der Waals surface area (Å²) in [6.45, 7) is 0. The molecule has 5 nitrogen and oxygen atoms in total. The fourth-order valence-corrected chi connectivity index (χ4v) is 2.22. The molecule has 96 valence electrons. The third kappa shape index (κ3) is 2.11. The van der Waals surface area contributed by atoms with E-state index in [2.05, 4.69) is 0 Å². The SMILES string of the molecule is NC1(c2ccccc2)C=CC(N)(S(=O)(=O)O)C=C1. The quantitative estimate of drug-likeness (QED) is 0.534. The Morgan fingerprint density at radius 2 is 1.44 bits per heavy atom. The summed E-state index contributed by atoms with van der Waals surface area (Å²) < 4.78 is 31.3. The highest BCUT2D eigenvalue weighted by molar-refractivity contribution is 7.87. The van der Waals surface area contributed by atoms with Crippen LogP contribution in [0.2, 0.25) is 0 Å². The van der Waals surface area contributed by atoms with Gasteiger partial charge < -0.3 is 11.5 Å². The largest absolute Gasteiger partial charge is 0.315 e. The van der Waals surface area contributed by atoms with Crippen molar-refractivity contribution in [3.05, 3.63) is 60.2 Å². The minimum atomic E-state index is -4.41. The zero-order chi connectivity index (χ0) is 13.4. The predicted molar refractivity (Wildman–Crippen MR) is 69.1 cm³/mol. The van der Waals surface area contributed by atoms with Crippen LogP contribution in [-0.4, -0.2) is 17.8 Å². The van der Waals surface area contributed by atoms with Gasteiger partial charge >= 0.3 is 0 Å². The van der Waals surface area contributed by atoms with E-state index in [1.165, 1.54) is 24.3 Å². The molecule has 5 N–H and O–H groups in total. The van der Waals surface area contributed by atoms with Crippen molar-refractivity contribution in [1.82, 2.24) is 0 Å². The van der Waals surface area contributed by atoms with Gasteiger partial charge in [0, 0.05) is 0 Å². The second-order valence-corrected chi connectivity index (χ2v) is 5.95. The maximum Gasteiger partial charge on any atom is 0.291 e. The number of hydrogen-bond acceptors (Lipinski definition) is 4. The van der Waals surface area contributed by atoms with Crippen molar-refractivity contribution in [3.63, 3.8) is 0 Å². The lowest BCUT2D eigenvalue weighted by atomic mass is 9.86. The van der Waals surface area contributed by atoms with Gasteiger partial charge in [-0.25, -0.2) is 0 Å². The molecule has 1 aliphatic carbocycles. The number of nitrogens with two attached hydrogens (primary N) is 2. The lowest BCUT2D eigenvalue weighted by Crippen LogP contribution is -2.48. The summed E-state index contributed by atoms with van der Waals surface area (Å²) in [5.74, 6) is 0. The standard InChI is InChI=1S/C12H14N2O3S/c13-11(10-4-2-1-3-5-10)6-8-12(14,9-7-11)18(15,16)17/h1-9H,13-14H2,(H,15,16,17). The Labute approximate surface area is 106 Å². The van der Waals surface area contributed by atoms with Crippen LogP contribution in [0.1, 0.15) is 5.56 Å². The normalized spacial score (nSPS) is 31.5. The van der Waals surface area contributed by atoms with Crippen LogP contribution in [0.5, 0.6) is 0 Å². The Balaban J connectivity index is 2.41. The fourth-order valence-electron chi connectivity index (χ4n) is 1.74. The molecule has 0 atom stereocenters. The monoisotopic (exact) mass is 266 g/mol. The third-order valence-corrected chi connectivity index (χ3v) is 4.13. The molecule has 1 aromatic rings. The second kappa shape index (κ2) is 4.03. The van der Waals surface area contributed by atoms with Gasteiger partial charge in [-0.2, -0.15) is 8.42 Å². The predicted octanol–water partition coefficient (Wildman–Crippen LogP) is 0.509. The first-order valence-electron chi connectivity index (χ1n) is 5.28. The highest BCUT2D eigenvalue weighted by Gasteiger charge is 2.38. The van der Waals surface area contributed by atoms with Crippen LogP contribution < -0.4 is 11.5 Å². The van der Waals surface area contributed by atoms with Crippen molar-refractivity contribution in [2.45, 2.75) is 10.4 Å². The maximum atomic E-state index is 11.1. The number of rotatable bonds is 2. The number of hydrogen-bond donors (Lipinski definition) is 3. The topological polar surface area (TPSA) is 106 Å². The molecule has 18 heavy (non-hydrogen) atoms. The van der Waals surface area contributed by atoms with Crippen molar-refractivity contribution in [1.29, 1.82) is 0 Å². The zero-order valence-electron chi connectivity index (χ0n) is 9.52. The van der Waals surface area contributed by atoms with Gasteiger partial charge in [0.15, 0.2) is 4.87 Å². The molecule has 0 heterocycles. The molecule has 0 aliphatic heterocycles. The molecular weight excluding hydrogens is 252 g/mol. The molecule has 0 saturated heterocycles. The molecule has 0 amide bonds. The molecule has 6 heteroatoms. The molecule has 0 fully saturated rings. The average molecular weight is 266 g/mol. The van der Waals surface area contributed by atoms with E-state index < -0.39 is 20.5 Å². The summed E-state index contributed by atoms with van der Waals surface area (Å²) in [6, 6.07) is 9.17. The third-order valence-electron chi connectivity index (χ3n) is 2.96. The Morgan fingerprint density at radius 3 is 1.89 bits per heavy atom. The molecule has 0 saturated carbocycles. The lowest BCUT2D eigenvalue weighted by Gasteiger charge is -2.30. The zero-order valence-corrected chi connectivity index (χ0v) is 10.3. The minimum absolute atomic E-state index is 0.801. The van der Waals surface area contributed by atoms with Crippen LogP contribution >= 0.6 is 0 Å². The molecule has 0 radical (unpaired) electrons. The maximum absolute atomic E-state index is 11.1. The molecule has 1 aliphatic rings. The highest BCUT2D eigenvalue weighted by atomic mass is 32.2. The van der Waals surface area contributed by atoms with Gasteiger partial charge in [0.05, 0.1) is 5.54 Å². The van der Waals surface area contributed by atoms with Crippen molar-refractivity contribution < 1.29 is 13.0 Å². The first-order valence-corrected chi connectivity index (χ1v) is 6.72. The van der Waals surface area contributed by atoms with Gasteiger partial charge in [-0.15, -0.1) is 0 Å². The first-order chi connectivity index (χ1) is 8.27. The summed E-state index contributed by atoms with van der Waals surface area (Å²) in [4.78, 5) is -1.91. The summed E-state index contributed by atoms with van der Waals surface area (Å²) in [5.41, 5.74) is 11.6. The van der Waals surface area contributed by atoms with Crippen LogP contribution in [0.15, 0.2) is 54.6 Å². The van der Waals surface area contributed by atoms with Crippen molar-refractivity contribution in [2.24, 2.45) is 11.5 Å². The van der Waals surface area contributed by atoms with E-state index >= 15 is 0 Å². The van der Waals surface area contributed by atoms with Gasteiger partial charge in [0.25, 0.3) is 10.1 Å². The fraction of sp³-hybridized carbons (Fsp3) is 0.167. The highest BCUT2D eigenvalue weighted by Crippen LogP contribution is 2.29. The minimum Gasteiger partial charge on any atom is -0.315 e. The van der Waals surface area contributed by atoms with E-state index in [0.717, 1.165) is 5.56 Å². The average Bonchev–Trinajstić information content (AvgIpc) is 2.33. The van der Waals surface area contributed by atoms with Crippen LogP contribution in [0.3, 0.4) is 0 Å². The summed E-state index contributed by atoms with van der Waals surface area (Å²) >= 11 is 0. The Hall–Kier alpha value is -1.47. The molecule has 0 spiro atoms. The van der Waals surface area contributed by atoms with Gasteiger partial charge in [-0.3, -0.25) is 4.55 Å². The van der Waals surface area contributed by atoms with E-state index in [-0.39, 0.29) is 0 Å². The van der Waals surface area contributed by atoms with E-state index in [9.17, 15) is 8.42 Å². The van der Waals surface area contributed by atoms with Crippen LogP contribution in [0.25, 0.3) is 0 Å². The van der Waals surface area contributed by atoms with E-state index in [4.69, 9.17) is 16.0 Å². The smallest absolute Gasteiger partial charge is 0.291 e. The summed E-state index contributed by atoms with van der Waals surface area (Å²) in [6.07, 6.45) is 5.32. The Kier molecular flexibility index (Phi) is 2.90. The van der Waals surface area contributed by atoms with Crippen LogP contribution in [0.4, 0.5) is 0 Å². The van der Waals surface area contributed by atoms with Gasteiger partial charge in [0.1, 0.15) is 0 Å². The molecular formula is C12H14N2O3S. The van der Waals surface area contributed by atoms with Crippen molar-refractivity contribution in [2.75, 3.05) is 0 Å². The molecule has 2 rings (SSSR count). The molecule has 1 aromatic carbocycles. The number of benzene rings is 1. The van der Waals surface area contributed by atoms with Crippen molar-refractivity contribution >= 4 is 10.1 Å². The van der Waals surface area contributed by atoms with Crippen LogP contribution in [0, 0.1) is 0 Å². The first kappa shape index (κ1) is 13.0. The molecule has 0 unspecified atom stereocenters. The van der Waals surface area contributed by atoms with Gasteiger partial charge in [-0.05, 0) is 17.7 Å². The molecule has 0 bridgehead atoms. The van der Waals surface area contributed by atoms with Crippen molar-refractivity contribution in [3.8, 4) is 0 Å². The van der Waals surface area contributed by atoms with Gasteiger partial charge in [0.2, 0.25) is 0 Å². The van der Waals surface area contributed by atoms with E-state index in [0.29, 0.717) is 0 Å². The van der Waals surface area contributed by atoms with Crippen LogP contribution in [-0.2, 0) is 15.7 Å². The van der Waals surface area contributed by atoms with E-state index in [1.54, 1.807) is 0 Å². The van der Waals surface area contributed by atoms with Gasteiger partial charge in [-0.1, -0.05) is 42.5 Å².